The Balaban J connectivity index is 2.01. The molecule has 0 bridgehead atoms. The number of carbonyl (C=O) groups is 2. The highest BCUT2D eigenvalue weighted by Gasteiger charge is 2.32. The Morgan fingerprint density at radius 2 is 1.81 bits per heavy atom. The molecule has 6 nitrogen and oxygen atoms in total. The van der Waals surface area contributed by atoms with Crippen LogP contribution in [0.25, 0.3) is 0 Å². The molecule has 26 heavy (non-hydrogen) atoms. The van der Waals surface area contributed by atoms with Crippen molar-refractivity contribution in [2.24, 2.45) is 11.1 Å². The van der Waals surface area contributed by atoms with Crippen LogP contribution in [-0.2, 0) is 11.3 Å². The number of hydrogen-bond acceptors (Lipinski definition) is 4. The van der Waals surface area contributed by atoms with Crippen LogP contribution in [-0.4, -0.2) is 23.3 Å². The predicted octanol–water partition coefficient (Wildman–Crippen LogP) is 2.72. The van der Waals surface area contributed by atoms with Crippen LogP contribution in [0.1, 0.15) is 42.6 Å². The number of amides is 2. The predicted molar refractivity (Wildman–Crippen MR) is 103 cm³/mol. The zero-order chi connectivity index (χ0) is 19.0. The van der Waals surface area contributed by atoms with E-state index < -0.39 is 5.41 Å². The van der Waals surface area contributed by atoms with Gasteiger partial charge in [0, 0.05) is 36.7 Å². The van der Waals surface area contributed by atoms with Gasteiger partial charge >= 0.3 is 0 Å². The Bertz CT molecular complexity index is 734. The van der Waals surface area contributed by atoms with Gasteiger partial charge in [-0.3, -0.25) is 14.6 Å². The van der Waals surface area contributed by atoms with Crippen LogP contribution in [0.4, 0.5) is 5.69 Å². The quantitative estimate of drug-likeness (QED) is 0.679. The first-order valence-corrected chi connectivity index (χ1v) is 8.83. The van der Waals surface area contributed by atoms with Crippen molar-refractivity contribution in [1.82, 2.24) is 10.3 Å². The molecule has 6 heteroatoms. The lowest BCUT2D eigenvalue weighted by molar-refractivity contribution is -0.131. The third kappa shape index (κ3) is 4.67. The molecular formula is C20H26N4O2. The number of nitrogens with two attached hydrogens (primary N) is 1. The summed E-state index contributed by atoms with van der Waals surface area (Å²) in [5.41, 5.74) is 7.42. The topological polar surface area (TPSA) is 97.1 Å². The highest BCUT2D eigenvalue weighted by molar-refractivity contribution is 6.04. The minimum absolute atomic E-state index is 0.0313. The van der Waals surface area contributed by atoms with Crippen molar-refractivity contribution in [3.63, 3.8) is 0 Å². The smallest absolute Gasteiger partial charge is 0.255 e. The number of aromatic nitrogens is 1. The second-order valence-electron chi connectivity index (χ2n) is 6.26. The maximum absolute atomic E-state index is 12.5. The molecule has 0 spiro atoms. The van der Waals surface area contributed by atoms with E-state index in [4.69, 9.17) is 5.73 Å². The summed E-state index contributed by atoms with van der Waals surface area (Å²) in [4.78, 5) is 28.6. The summed E-state index contributed by atoms with van der Waals surface area (Å²) in [7, 11) is 0. The number of rotatable bonds is 8. The molecule has 0 unspecified atom stereocenters. The van der Waals surface area contributed by atoms with E-state index in [0.29, 0.717) is 37.2 Å². The standard InChI is InChI=1S/C20H26N4O2/c1-3-20(4-2,14-21)19(26)23-13-15-6-5-7-17(12-15)24-18(25)16-8-10-22-11-9-16/h5-12H,3-4,13-14,21H2,1-2H3,(H,23,26)(H,24,25). The molecule has 2 amide bonds. The Hall–Kier alpha value is -2.73. The van der Waals surface area contributed by atoms with Crippen LogP contribution in [0.3, 0.4) is 0 Å². The third-order valence-corrected chi connectivity index (χ3v) is 4.81. The molecule has 0 aliphatic rings. The van der Waals surface area contributed by atoms with E-state index in [9.17, 15) is 9.59 Å². The van der Waals surface area contributed by atoms with Crippen LogP contribution >= 0.6 is 0 Å². The molecule has 1 aromatic heterocycles. The minimum Gasteiger partial charge on any atom is -0.352 e. The first-order chi connectivity index (χ1) is 12.5. The zero-order valence-corrected chi connectivity index (χ0v) is 15.3. The van der Waals surface area contributed by atoms with Gasteiger partial charge in [-0.1, -0.05) is 26.0 Å². The molecule has 1 heterocycles. The highest BCUT2D eigenvalue weighted by Crippen LogP contribution is 2.25. The van der Waals surface area contributed by atoms with Crippen molar-refractivity contribution in [3.05, 3.63) is 59.9 Å². The fraction of sp³-hybridized carbons (Fsp3) is 0.350. The number of nitrogens with one attached hydrogen (secondary N) is 2. The summed E-state index contributed by atoms with van der Waals surface area (Å²) >= 11 is 0. The summed E-state index contributed by atoms with van der Waals surface area (Å²) in [5, 5.41) is 5.82. The monoisotopic (exact) mass is 354 g/mol. The molecule has 0 saturated heterocycles. The summed E-state index contributed by atoms with van der Waals surface area (Å²) < 4.78 is 0. The average Bonchev–Trinajstić information content (AvgIpc) is 2.69. The van der Waals surface area contributed by atoms with E-state index in [1.54, 1.807) is 24.5 Å². The normalized spacial score (nSPS) is 11.0. The first kappa shape index (κ1) is 19.6. The van der Waals surface area contributed by atoms with Gasteiger partial charge in [-0.05, 0) is 42.7 Å². The molecule has 0 aliphatic heterocycles. The van der Waals surface area contributed by atoms with E-state index >= 15 is 0 Å². The highest BCUT2D eigenvalue weighted by atomic mass is 16.2. The molecule has 138 valence electrons. The molecule has 4 N–H and O–H groups in total. The molecule has 0 atom stereocenters. The fourth-order valence-electron chi connectivity index (χ4n) is 2.79. The SMILES string of the molecule is CCC(CC)(CN)C(=O)NCc1cccc(NC(=O)c2ccncc2)c1. The van der Waals surface area contributed by atoms with Gasteiger partial charge in [-0.15, -0.1) is 0 Å². The number of nitrogens with zero attached hydrogens (tertiary/aromatic N) is 1. The molecule has 0 saturated carbocycles. The number of pyridine rings is 1. The van der Waals surface area contributed by atoms with Crippen molar-refractivity contribution in [2.75, 3.05) is 11.9 Å². The van der Waals surface area contributed by atoms with Gasteiger partial charge in [0.1, 0.15) is 0 Å². The Morgan fingerprint density at radius 1 is 1.12 bits per heavy atom. The molecule has 0 radical (unpaired) electrons. The summed E-state index contributed by atoms with van der Waals surface area (Å²) in [6.45, 7) is 4.67. The maximum Gasteiger partial charge on any atom is 0.255 e. The van der Waals surface area contributed by atoms with Gasteiger partial charge in [0.25, 0.3) is 5.91 Å². The fourth-order valence-corrected chi connectivity index (χ4v) is 2.79. The molecule has 1 aromatic carbocycles. The Kier molecular flexibility index (Phi) is 6.86. The molecule has 0 fully saturated rings. The lowest BCUT2D eigenvalue weighted by Crippen LogP contribution is -2.45. The van der Waals surface area contributed by atoms with E-state index in [0.717, 1.165) is 5.56 Å². The summed E-state index contributed by atoms with van der Waals surface area (Å²) in [6, 6.07) is 10.7. The van der Waals surface area contributed by atoms with Crippen molar-refractivity contribution >= 4 is 17.5 Å². The molecule has 2 aromatic rings. The van der Waals surface area contributed by atoms with E-state index in [1.807, 2.05) is 38.1 Å². The minimum atomic E-state index is -0.521. The van der Waals surface area contributed by atoms with Crippen LogP contribution in [0.15, 0.2) is 48.8 Å². The first-order valence-electron chi connectivity index (χ1n) is 8.83. The number of hydrogen-bond donors (Lipinski definition) is 3. The van der Waals surface area contributed by atoms with Gasteiger partial charge in [0.15, 0.2) is 0 Å². The van der Waals surface area contributed by atoms with Crippen molar-refractivity contribution in [1.29, 1.82) is 0 Å². The lowest BCUT2D eigenvalue weighted by Gasteiger charge is -2.28. The maximum atomic E-state index is 12.5. The van der Waals surface area contributed by atoms with Gasteiger partial charge < -0.3 is 16.4 Å². The van der Waals surface area contributed by atoms with Gasteiger partial charge in [-0.25, -0.2) is 0 Å². The van der Waals surface area contributed by atoms with Crippen LogP contribution in [0, 0.1) is 5.41 Å². The van der Waals surface area contributed by atoms with Gasteiger partial charge in [-0.2, -0.15) is 0 Å². The van der Waals surface area contributed by atoms with E-state index in [2.05, 4.69) is 15.6 Å². The zero-order valence-electron chi connectivity index (χ0n) is 15.3. The van der Waals surface area contributed by atoms with Crippen molar-refractivity contribution in [2.45, 2.75) is 33.2 Å². The Morgan fingerprint density at radius 3 is 2.42 bits per heavy atom. The molecule has 0 aliphatic carbocycles. The number of anilines is 1. The second kappa shape index (κ2) is 9.10. The van der Waals surface area contributed by atoms with Crippen LogP contribution in [0.2, 0.25) is 0 Å². The summed E-state index contributed by atoms with van der Waals surface area (Å²) in [6.07, 6.45) is 4.56. The Labute approximate surface area is 154 Å². The van der Waals surface area contributed by atoms with Crippen LogP contribution in [0.5, 0.6) is 0 Å². The van der Waals surface area contributed by atoms with Crippen molar-refractivity contribution in [3.8, 4) is 0 Å². The molecule has 2 rings (SSSR count). The molecular weight excluding hydrogens is 328 g/mol. The number of carbonyl (C=O) groups excluding carboxylic acids is 2. The lowest BCUT2D eigenvalue weighted by atomic mass is 9.81. The largest absolute Gasteiger partial charge is 0.352 e. The van der Waals surface area contributed by atoms with Gasteiger partial charge in [0.2, 0.25) is 5.91 Å². The van der Waals surface area contributed by atoms with Crippen LogP contribution < -0.4 is 16.4 Å². The van der Waals surface area contributed by atoms with E-state index in [-0.39, 0.29) is 11.8 Å². The van der Waals surface area contributed by atoms with E-state index in [1.165, 1.54) is 0 Å². The van der Waals surface area contributed by atoms with Gasteiger partial charge in [0.05, 0.1) is 5.41 Å². The second-order valence-corrected chi connectivity index (χ2v) is 6.26. The average molecular weight is 354 g/mol. The van der Waals surface area contributed by atoms with Crippen molar-refractivity contribution < 1.29 is 9.59 Å². The number of benzene rings is 1. The summed E-state index contributed by atoms with van der Waals surface area (Å²) in [5.74, 6) is -0.232. The third-order valence-electron chi connectivity index (χ3n) is 4.81.